The number of benzene rings is 9. The van der Waals surface area contributed by atoms with Gasteiger partial charge in [0.25, 0.3) is 0 Å². The highest BCUT2D eigenvalue weighted by molar-refractivity contribution is 6.13. The lowest BCUT2D eigenvalue weighted by Gasteiger charge is -2.19. The number of hydrogen-bond acceptors (Lipinski definition) is 3. The molecule has 0 saturated heterocycles. The van der Waals surface area contributed by atoms with Crippen LogP contribution in [-0.4, -0.2) is 9.97 Å². The Labute approximate surface area is 348 Å². The zero-order chi connectivity index (χ0) is 39.6. The highest BCUT2D eigenvalue weighted by atomic mass is 16.3. The Bertz CT molecular complexity index is 3440. The molecule has 9 aromatic carbocycles. The molecule has 0 saturated carbocycles. The van der Waals surface area contributed by atoms with Crippen molar-refractivity contribution in [1.82, 2.24) is 9.97 Å². The molecule has 282 valence electrons. The molecule has 0 fully saturated rings. The van der Waals surface area contributed by atoms with Crippen molar-refractivity contribution in [3.8, 4) is 56.0 Å². The molecule has 2 heterocycles. The molecular formula is C57H38N2O. The Hall–Kier alpha value is -7.62. The summed E-state index contributed by atoms with van der Waals surface area (Å²) in [4.78, 5) is 10.6. The predicted molar refractivity (Wildman–Crippen MR) is 248 cm³/mol. The second kappa shape index (κ2) is 14.0. The second-order valence-corrected chi connectivity index (χ2v) is 16.0. The van der Waals surface area contributed by atoms with Gasteiger partial charge in [0.2, 0.25) is 0 Å². The third kappa shape index (κ3) is 5.81. The van der Waals surface area contributed by atoms with Gasteiger partial charge in [-0.3, -0.25) is 0 Å². The summed E-state index contributed by atoms with van der Waals surface area (Å²) in [6, 6.07) is 72.0. The molecule has 11 aromatic rings. The van der Waals surface area contributed by atoms with Crippen LogP contribution in [0.1, 0.15) is 29.0 Å². The summed E-state index contributed by atoms with van der Waals surface area (Å²) in [6.45, 7) is 0. The van der Waals surface area contributed by atoms with Crippen LogP contribution in [0.5, 0.6) is 0 Å². The number of aryl methyl sites for hydroxylation is 1. The lowest BCUT2D eigenvalue weighted by Crippen LogP contribution is -2.02. The summed E-state index contributed by atoms with van der Waals surface area (Å²) < 4.78 is 6.56. The number of para-hydroxylation sites is 1. The van der Waals surface area contributed by atoms with Gasteiger partial charge in [0.15, 0.2) is 5.82 Å². The predicted octanol–water partition coefficient (Wildman–Crippen LogP) is 15.1. The number of hydrogen-bond donors (Lipinski definition) is 0. The van der Waals surface area contributed by atoms with Crippen molar-refractivity contribution in [1.29, 1.82) is 0 Å². The van der Waals surface area contributed by atoms with Crippen molar-refractivity contribution in [3.05, 3.63) is 217 Å². The summed E-state index contributed by atoms with van der Waals surface area (Å²) in [7, 11) is 0. The molecule has 1 atom stereocenters. The Morgan fingerprint density at radius 3 is 2.00 bits per heavy atom. The summed E-state index contributed by atoms with van der Waals surface area (Å²) in [5.74, 6) is 1.01. The molecule has 3 nitrogen and oxygen atoms in total. The Morgan fingerprint density at radius 1 is 0.433 bits per heavy atom. The van der Waals surface area contributed by atoms with Crippen LogP contribution in [0.3, 0.4) is 0 Å². The first-order chi connectivity index (χ1) is 29.7. The average molecular weight is 767 g/mol. The largest absolute Gasteiger partial charge is 0.456 e. The highest BCUT2D eigenvalue weighted by Crippen LogP contribution is 2.44. The summed E-state index contributed by atoms with van der Waals surface area (Å²) in [6.07, 6.45) is 2.13. The molecule has 3 heteroatoms. The molecule has 0 radical (unpaired) electrons. The zero-order valence-electron chi connectivity index (χ0n) is 32.8. The van der Waals surface area contributed by atoms with Crippen molar-refractivity contribution in [3.63, 3.8) is 0 Å². The molecule has 0 bridgehead atoms. The van der Waals surface area contributed by atoms with E-state index in [9.17, 15) is 0 Å². The summed E-state index contributed by atoms with van der Waals surface area (Å²) >= 11 is 0. The standard InChI is InChI=1S/C57H38N2O/c1-3-12-36(13-4-1)39-22-23-41-33-44(25-24-40(41)32-39)56-48-18-9-10-20-52(48)58-57(59-56)49-19-11-21-54-55(49)51-35-43(28-31-53(51)60-54)42-27-30-47-46(37-14-5-2-6-15-37)29-26-38-16-7-8-17-45(38)50(47)34-42/h1-25,27-28,30-35,46H,26,29H2. The fourth-order valence-electron chi connectivity index (χ4n) is 9.57. The van der Waals surface area contributed by atoms with Gasteiger partial charge in [-0.25, -0.2) is 9.97 Å². The quantitative estimate of drug-likeness (QED) is 0.175. The molecule has 1 unspecified atom stereocenters. The smallest absolute Gasteiger partial charge is 0.161 e. The number of rotatable bonds is 5. The van der Waals surface area contributed by atoms with Gasteiger partial charge in [0.05, 0.1) is 11.2 Å². The number of furan rings is 1. The van der Waals surface area contributed by atoms with Gasteiger partial charge in [-0.2, -0.15) is 0 Å². The lowest BCUT2D eigenvalue weighted by atomic mass is 9.84. The molecule has 0 N–H and O–H groups in total. The fraction of sp³-hybridized carbons (Fsp3) is 0.0526. The maximum absolute atomic E-state index is 6.56. The van der Waals surface area contributed by atoms with Crippen LogP contribution in [0.15, 0.2) is 205 Å². The second-order valence-electron chi connectivity index (χ2n) is 16.0. The summed E-state index contributed by atoms with van der Waals surface area (Å²) in [5.41, 5.74) is 17.0. The van der Waals surface area contributed by atoms with E-state index >= 15 is 0 Å². The van der Waals surface area contributed by atoms with Crippen LogP contribution in [0.2, 0.25) is 0 Å². The molecule has 60 heavy (non-hydrogen) atoms. The van der Waals surface area contributed by atoms with Gasteiger partial charge in [-0.15, -0.1) is 0 Å². The van der Waals surface area contributed by atoms with Crippen LogP contribution < -0.4 is 0 Å². The van der Waals surface area contributed by atoms with Crippen LogP contribution in [0, 0.1) is 0 Å². The monoisotopic (exact) mass is 766 g/mol. The molecular weight excluding hydrogens is 729 g/mol. The molecule has 1 aliphatic carbocycles. The average Bonchev–Trinajstić information content (AvgIpc) is 3.61. The number of fused-ring (bicyclic) bond motifs is 8. The van der Waals surface area contributed by atoms with Crippen LogP contribution in [0.4, 0.5) is 0 Å². The van der Waals surface area contributed by atoms with Crippen molar-refractivity contribution in [2.45, 2.75) is 18.8 Å². The highest BCUT2D eigenvalue weighted by Gasteiger charge is 2.25. The molecule has 1 aliphatic rings. The molecule has 0 aliphatic heterocycles. The van der Waals surface area contributed by atoms with Crippen molar-refractivity contribution >= 4 is 43.6 Å². The summed E-state index contributed by atoms with van der Waals surface area (Å²) in [5, 5.41) is 5.45. The van der Waals surface area contributed by atoms with E-state index in [4.69, 9.17) is 14.4 Å². The van der Waals surface area contributed by atoms with E-state index in [2.05, 4.69) is 194 Å². The number of nitrogens with zero attached hydrogens (tertiary/aromatic N) is 2. The minimum absolute atomic E-state index is 0.333. The first-order valence-electron chi connectivity index (χ1n) is 20.8. The molecule has 12 rings (SSSR count). The van der Waals surface area contributed by atoms with Crippen molar-refractivity contribution in [2.75, 3.05) is 0 Å². The Kier molecular flexibility index (Phi) is 8.05. The van der Waals surface area contributed by atoms with Gasteiger partial charge >= 0.3 is 0 Å². The van der Waals surface area contributed by atoms with E-state index in [1.807, 2.05) is 6.07 Å². The van der Waals surface area contributed by atoms with Crippen LogP contribution >= 0.6 is 0 Å². The van der Waals surface area contributed by atoms with Crippen molar-refractivity contribution < 1.29 is 4.42 Å². The van der Waals surface area contributed by atoms with Gasteiger partial charge in [0.1, 0.15) is 11.2 Å². The Balaban J connectivity index is 0.989. The first-order valence-corrected chi connectivity index (χ1v) is 20.8. The van der Waals surface area contributed by atoms with Gasteiger partial charge < -0.3 is 4.42 Å². The van der Waals surface area contributed by atoms with E-state index in [-0.39, 0.29) is 0 Å². The topological polar surface area (TPSA) is 38.9 Å². The Morgan fingerprint density at radius 2 is 1.12 bits per heavy atom. The van der Waals surface area contributed by atoms with E-state index in [0.29, 0.717) is 11.7 Å². The lowest BCUT2D eigenvalue weighted by molar-refractivity contribution is 0.669. The molecule has 0 amide bonds. The molecule has 0 spiro atoms. The third-order valence-corrected chi connectivity index (χ3v) is 12.5. The van der Waals surface area contributed by atoms with Crippen LogP contribution in [-0.2, 0) is 6.42 Å². The maximum Gasteiger partial charge on any atom is 0.161 e. The SMILES string of the molecule is c1ccc(-c2ccc3cc(-c4nc(-c5cccc6oc7ccc(-c8ccc9c(c8)-c8ccccc8CCC9c8ccccc8)cc7c56)nc5ccccc45)ccc3c2)cc1. The van der Waals surface area contributed by atoms with Gasteiger partial charge in [-0.1, -0.05) is 158 Å². The minimum atomic E-state index is 0.333. The van der Waals surface area contributed by atoms with Gasteiger partial charge in [-0.05, 0) is 116 Å². The number of aromatic nitrogens is 2. The van der Waals surface area contributed by atoms with Crippen LogP contribution in [0.25, 0.3) is 99.6 Å². The first kappa shape index (κ1) is 34.4. The zero-order valence-corrected chi connectivity index (χ0v) is 32.8. The van der Waals surface area contributed by atoms with E-state index in [0.717, 1.165) is 68.1 Å². The molecule has 2 aromatic heterocycles. The normalized spacial score (nSPS) is 13.7. The fourth-order valence-corrected chi connectivity index (χ4v) is 9.57. The van der Waals surface area contributed by atoms with Gasteiger partial charge in [0, 0.05) is 33.2 Å². The van der Waals surface area contributed by atoms with E-state index in [1.165, 1.54) is 55.3 Å². The van der Waals surface area contributed by atoms with Crippen molar-refractivity contribution in [2.24, 2.45) is 0 Å². The maximum atomic E-state index is 6.56. The van der Waals surface area contributed by atoms with E-state index < -0.39 is 0 Å². The minimum Gasteiger partial charge on any atom is -0.456 e. The third-order valence-electron chi connectivity index (χ3n) is 12.5. The van der Waals surface area contributed by atoms with E-state index in [1.54, 1.807) is 0 Å².